The molecule has 0 bridgehead atoms. The van der Waals surface area contributed by atoms with Gasteiger partial charge in [-0.15, -0.1) is 0 Å². The molecule has 0 spiro atoms. The molecule has 1 aliphatic heterocycles. The summed E-state index contributed by atoms with van der Waals surface area (Å²) in [5.74, 6) is 0. The van der Waals surface area contributed by atoms with Crippen molar-refractivity contribution in [3.63, 3.8) is 0 Å². The topological polar surface area (TPSA) is 6.25 Å². The third kappa shape index (κ3) is 10.6. The lowest BCUT2D eigenvalue weighted by Gasteiger charge is -2.15. The molecule has 2 atom stereocenters. The van der Waals surface area contributed by atoms with Crippen LogP contribution in [0.3, 0.4) is 0 Å². The molecule has 1 rings (SSSR count). The number of rotatable bonds is 16. The highest BCUT2D eigenvalue weighted by atomic mass is 15.5. The van der Waals surface area contributed by atoms with Crippen molar-refractivity contribution in [2.45, 2.75) is 103 Å². The van der Waals surface area contributed by atoms with E-state index in [1.807, 2.05) is 0 Å². The zero-order chi connectivity index (χ0) is 16.0. The van der Waals surface area contributed by atoms with Crippen molar-refractivity contribution in [1.82, 2.24) is 9.80 Å². The van der Waals surface area contributed by atoms with E-state index in [0.29, 0.717) is 0 Å². The number of likely N-dealkylation sites (N-methyl/N-ethyl adjacent to an activating group) is 2. The van der Waals surface area contributed by atoms with Gasteiger partial charge in [-0.05, 0) is 27.1 Å². The predicted octanol–water partition coefficient (Wildman–Crippen LogP) is 5.67. The summed E-state index contributed by atoms with van der Waals surface area (Å²) in [6.45, 7) is 4.85. The lowest BCUT2D eigenvalue weighted by molar-refractivity contribution is 0.271. The van der Waals surface area contributed by atoms with E-state index in [9.17, 15) is 0 Å². The van der Waals surface area contributed by atoms with Crippen LogP contribution in [0.25, 0.3) is 0 Å². The monoisotopic (exact) mass is 310 g/mol. The molecule has 2 heteroatoms. The first-order valence-corrected chi connectivity index (χ1v) is 10.2. The fraction of sp³-hybridized carbons (Fsp3) is 1.00. The molecule has 0 N–H and O–H groups in total. The van der Waals surface area contributed by atoms with Crippen LogP contribution in [0.5, 0.6) is 0 Å². The molecule has 0 aromatic carbocycles. The maximum Gasteiger partial charge on any atom is 0.0750 e. The van der Waals surface area contributed by atoms with Crippen LogP contribution in [0, 0.1) is 0 Å². The van der Waals surface area contributed by atoms with Gasteiger partial charge in [-0.1, -0.05) is 90.4 Å². The van der Waals surface area contributed by atoms with E-state index in [-0.39, 0.29) is 0 Å². The molecule has 1 saturated heterocycles. The van der Waals surface area contributed by atoms with Gasteiger partial charge in [0.1, 0.15) is 0 Å². The van der Waals surface area contributed by atoms with E-state index in [0.717, 1.165) is 6.17 Å². The van der Waals surface area contributed by atoms with Crippen LogP contribution in [0.15, 0.2) is 0 Å². The van der Waals surface area contributed by atoms with Crippen LogP contribution in [0.1, 0.15) is 96.8 Å². The summed E-state index contributed by atoms with van der Waals surface area (Å²) in [6.07, 6.45) is 21.1. The van der Waals surface area contributed by atoms with Crippen LogP contribution >= 0.6 is 0 Å². The molecule has 2 nitrogen and oxygen atoms in total. The Labute approximate surface area is 140 Å². The van der Waals surface area contributed by atoms with Crippen molar-refractivity contribution in [1.29, 1.82) is 0 Å². The SMILES string of the molecule is CCCCCCCCCCCCCCCCN(C)C1CN1C. The van der Waals surface area contributed by atoms with Gasteiger partial charge in [0.25, 0.3) is 0 Å². The summed E-state index contributed by atoms with van der Waals surface area (Å²) in [7, 11) is 4.49. The van der Waals surface area contributed by atoms with Gasteiger partial charge in [-0.3, -0.25) is 9.80 Å². The zero-order valence-corrected chi connectivity index (χ0v) is 15.8. The molecule has 0 aliphatic carbocycles. The third-order valence-electron chi connectivity index (χ3n) is 5.20. The third-order valence-corrected chi connectivity index (χ3v) is 5.20. The molecule has 0 saturated carbocycles. The Bertz CT molecular complexity index is 242. The van der Waals surface area contributed by atoms with Gasteiger partial charge in [-0.25, -0.2) is 0 Å². The van der Waals surface area contributed by atoms with Crippen molar-refractivity contribution in [2.24, 2.45) is 0 Å². The van der Waals surface area contributed by atoms with E-state index in [2.05, 4.69) is 30.8 Å². The van der Waals surface area contributed by atoms with Crippen molar-refractivity contribution in [3.05, 3.63) is 0 Å². The Morgan fingerprint density at radius 2 is 1.09 bits per heavy atom. The average Bonchev–Trinajstić information content (AvgIpc) is 3.24. The highest BCUT2D eigenvalue weighted by molar-refractivity contribution is 4.84. The normalized spacial score (nSPS) is 20.7. The van der Waals surface area contributed by atoms with Gasteiger partial charge >= 0.3 is 0 Å². The van der Waals surface area contributed by atoms with E-state index < -0.39 is 0 Å². The molecule has 1 aliphatic rings. The summed E-state index contributed by atoms with van der Waals surface area (Å²) in [5, 5.41) is 0. The molecular weight excluding hydrogens is 268 g/mol. The van der Waals surface area contributed by atoms with E-state index >= 15 is 0 Å². The minimum atomic E-state index is 0.752. The largest absolute Gasteiger partial charge is 0.290 e. The molecule has 0 aromatic heterocycles. The second-order valence-electron chi connectivity index (χ2n) is 7.50. The minimum Gasteiger partial charge on any atom is -0.290 e. The van der Waals surface area contributed by atoms with E-state index in [4.69, 9.17) is 0 Å². The first-order valence-electron chi connectivity index (χ1n) is 10.2. The molecule has 1 heterocycles. The Hall–Kier alpha value is -0.0800. The van der Waals surface area contributed by atoms with Crippen LogP contribution < -0.4 is 0 Å². The molecule has 0 radical (unpaired) electrons. The van der Waals surface area contributed by atoms with Gasteiger partial charge in [0, 0.05) is 6.54 Å². The first kappa shape index (κ1) is 20.0. The highest BCUT2D eigenvalue weighted by Crippen LogP contribution is 2.18. The second-order valence-corrected chi connectivity index (χ2v) is 7.50. The predicted molar refractivity (Wildman–Crippen MR) is 99.4 cm³/mol. The van der Waals surface area contributed by atoms with Crippen LogP contribution in [-0.2, 0) is 0 Å². The van der Waals surface area contributed by atoms with Crippen molar-refractivity contribution >= 4 is 0 Å². The lowest BCUT2D eigenvalue weighted by Crippen LogP contribution is -2.25. The first-order chi connectivity index (χ1) is 10.8. The Kier molecular flexibility index (Phi) is 12.1. The van der Waals surface area contributed by atoms with Crippen LogP contribution in [0.2, 0.25) is 0 Å². The molecule has 2 unspecified atom stereocenters. The van der Waals surface area contributed by atoms with Crippen molar-refractivity contribution < 1.29 is 0 Å². The molecule has 132 valence electrons. The van der Waals surface area contributed by atoms with Gasteiger partial charge in [0.15, 0.2) is 0 Å². The summed E-state index contributed by atoms with van der Waals surface area (Å²) in [6, 6.07) is 0. The molecule has 1 fully saturated rings. The molecule has 0 aromatic rings. The molecule has 0 amide bonds. The number of unbranched alkanes of at least 4 members (excludes halogenated alkanes) is 13. The van der Waals surface area contributed by atoms with Crippen molar-refractivity contribution in [2.75, 3.05) is 27.2 Å². The van der Waals surface area contributed by atoms with Crippen molar-refractivity contribution in [3.8, 4) is 0 Å². The summed E-state index contributed by atoms with van der Waals surface area (Å²) in [5.41, 5.74) is 0. The van der Waals surface area contributed by atoms with Crippen LogP contribution in [-0.4, -0.2) is 43.2 Å². The van der Waals surface area contributed by atoms with Crippen LogP contribution in [0.4, 0.5) is 0 Å². The smallest absolute Gasteiger partial charge is 0.0750 e. The second kappa shape index (κ2) is 13.4. The van der Waals surface area contributed by atoms with Gasteiger partial charge in [-0.2, -0.15) is 0 Å². The Morgan fingerprint density at radius 3 is 1.45 bits per heavy atom. The standard InChI is InChI=1S/C20H42N2/c1-4-5-6-7-8-9-10-11-12-13-14-15-16-17-18-21(2)20-19-22(20)3/h20H,4-19H2,1-3H3. The minimum absolute atomic E-state index is 0.752. The highest BCUT2D eigenvalue weighted by Gasteiger charge is 2.32. The number of nitrogens with zero attached hydrogens (tertiary/aromatic N) is 2. The summed E-state index contributed by atoms with van der Waals surface area (Å²) in [4.78, 5) is 4.92. The molecular formula is C20H42N2. The van der Waals surface area contributed by atoms with Gasteiger partial charge in [0.2, 0.25) is 0 Å². The number of hydrogen-bond donors (Lipinski definition) is 0. The Morgan fingerprint density at radius 1 is 0.727 bits per heavy atom. The summed E-state index contributed by atoms with van der Waals surface area (Å²) < 4.78 is 0. The zero-order valence-electron chi connectivity index (χ0n) is 15.8. The maximum atomic E-state index is 2.51. The maximum absolute atomic E-state index is 2.51. The fourth-order valence-corrected chi connectivity index (χ4v) is 3.39. The van der Waals surface area contributed by atoms with E-state index in [1.165, 1.54) is 103 Å². The average molecular weight is 311 g/mol. The fourth-order valence-electron chi connectivity index (χ4n) is 3.39. The Balaban J connectivity index is 1.68. The number of hydrogen-bond acceptors (Lipinski definition) is 2. The molecule has 22 heavy (non-hydrogen) atoms. The summed E-state index contributed by atoms with van der Waals surface area (Å²) >= 11 is 0. The quantitative estimate of drug-likeness (QED) is 0.267. The van der Waals surface area contributed by atoms with E-state index in [1.54, 1.807) is 0 Å². The van der Waals surface area contributed by atoms with Gasteiger partial charge < -0.3 is 0 Å². The van der Waals surface area contributed by atoms with Gasteiger partial charge in [0.05, 0.1) is 6.17 Å². The lowest BCUT2D eigenvalue weighted by atomic mass is 10.0.